The number of carbonyl (C=O) groups is 3. The van der Waals surface area contributed by atoms with Crippen LogP contribution in [0.2, 0.25) is 5.02 Å². The van der Waals surface area contributed by atoms with Crippen molar-refractivity contribution >= 4 is 29.5 Å². The first kappa shape index (κ1) is 27.6. The van der Waals surface area contributed by atoms with Gasteiger partial charge in [-0.2, -0.15) is 0 Å². The molecule has 1 unspecified atom stereocenters. The van der Waals surface area contributed by atoms with E-state index in [-0.39, 0.29) is 24.4 Å². The maximum Gasteiger partial charge on any atom is 0.338 e. The molecule has 1 N–H and O–H groups in total. The number of ether oxygens (including phenoxy) is 1. The van der Waals surface area contributed by atoms with E-state index < -0.39 is 12.0 Å². The van der Waals surface area contributed by atoms with Crippen LogP contribution < -0.4 is 5.32 Å². The molecule has 0 aliphatic carbocycles. The van der Waals surface area contributed by atoms with Crippen LogP contribution >= 0.6 is 11.6 Å². The fourth-order valence-corrected chi connectivity index (χ4v) is 5.01. The molecule has 38 heavy (non-hydrogen) atoms. The molecule has 0 spiro atoms. The molecule has 202 valence electrons. The minimum Gasteiger partial charge on any atom is -0.463 e. The van der Waals surface area contributed by atoms with Crippen LogP contribution in [0, 0.1) is 5.82 Å². The van der Waals surface area contributed by atoms with Crippen LogP contribution in [-0.4, -0.2) is 78.5 Å². The highest BCUT2D eigenvalue weighted by Crippen LogP contribution is 2.32. The van der Waals surface area contributed by atoms with E-state index in [4.69, 9.17) is 16.3 Å². The smallest absolute Gasteiger partial charge is 0.338 e. The van der Waals surface area contributed by atoms with E-state index in [1.807, 2.05) is 6.92 Å². The molecule has 4 rings (SSSR count). The van der Waals surface area contributed by atoms with Gasteiger partial charge in [0.15, 0.2) is 0 Å². The molecule has 1 atom stereocenters. The van der Waals surface area contributed by atoms with Crippen LogP contribution in [0.25, 0.3) is 0 Å². The van der Waals surface area contributed by atoms with Gasteiger partial charge in [0.2, 0.25) is 0 Å². The standard InChI is InChI=1S/C28H32ClFN4O4/c1-3-34-23(18-32-14-5-15-33(17-16-32)26(35)20-8-12-22(30)13-9-20)24(27(36)38-4-2)25(31-28(34)37)19-6-10-21(29)11-7-19/h6-13,25H,3-5,14-18H2,1-2H3,(H,31,37). The lowest BCUT2D eigenvalue weighted by atomic mass is 9.94. The quantitative estimate of drug-likeness (QED) is 0.530. The number of rotatable bonds is 7. The average molecular weight is 543 g/mol. The molecule has 10 heteroatoms. The van der Waals surface area contributed by atoms with Gasteiger partial charge in [0.25, 0.3) is 5.91 Å². The Morgan fingerprint density at radius 2 is 1.74 bits per heavy atom. The zero-order chi connectivity index (χ0) is 27.2. The first-order valence-electron chi connectivity index (χ1n) is 12.8. The van der Waals surface area contributed by atoms with Gasteiger partial charge in [0.05, 0.1) is 18.2 Å². The van der Waals surface area contributed by atoms with Crippen LogP contribution in [0.4, 0.5) is 9.18 Å². The Hall–Kier alpha value is -3.43. The maximum absolute atomic E-state index is 13.3. The Bertz CT molecular complexity index is 1200. The summed E-state index contributed by atoms with van der Waals surface area (Å²) in [6.45, 7) is 6.78. The molecule has 2 heterocycles. The van der Waals surface area contributed by atoms with E-state index in [0.717, 1.165) is 5.56 Å². The lowest BCUT2D eigenvalue weighted by molar-refractivity contribution is -0.139. The topological polar surface area (TPSA) is 82.2 Å². The second-order valence-corrected chi connectivity index (χ2v) is 9.62. The van der Waals surface area contributed by atoms with Gasteiger partial charge >= 0.3 is 12.0 Å². The summed E-state index contributed by atoms with van der Waals surface area (Å²) in [4.78, 5) is 44.9. The number of halogens is 2. The minimum atomic E-state index is -0.680. The van der Waals surface area contributed by atoms with E-state index in [1.54, 1.807) is 41.0 Å². The highest BCUT2D eigenvalue weighted by Gasteiger charge is 2.38. The molecular weight excluding hydrogens is 511 g/mol. The van der Waals surface area contributed by atoms with E-state index >= 15 is 0 Å². The molecule has 0 bridgehead atoms. The summed E-state index contributed by atoms with van der Waals surface area (Å²) in [6.07, 6.45) is 0.716. The Balaban J connectivity index is 1.61. The third-order valence-electron chi connectivity index (χ3n) is 6.79. The molecule has 8 nitrogen and oxygen atoms in total. The third kappa shape index (κ3) is 6.16. The second-order valence-electron chi connectivity index (χ2n) is 9.19. The molecule has 1 fully saturated rings. The minimum absolute atomic E-state index is 0.145. The van der Waals surface area contributed by atoms with Crippen molar-refractivity contribution in [1.29, 1.82) is 0 Å². The van der Waals surface area contributed by atoms with Gasteiger partial charge in [0.1, 0.15) is 5.82 Å². The highest BCUT2D eigenvalue weighted by molar-refractivity contribution is 6.30. The summed E-state index contributed by atoms with van der Waals surface area (Å²) in [6, 6.07) is 11.6. The van der Waals surface area contributed by atoms with Crippen LogP contribution in [-0.2, 0) is 9.53 Å². The number of hydrogen-bond acceptors (Lipinski definition) is 5. The van der Waals surface area contributed by atoms with E-state index in [2.05, 4.69) is 10.2 Å². The fraction of sp³-hybridized carbons (Fsp3) is 0.393. The summed E-state index contributed by atoms with van der Waals surface area (Å²) < 4.78 is 18.7. The number of hydrogen-bond donors (Lipinski definition) is 1. The highest BCUT2D eigenvalue weighted by atomic mass is 35.5. The number of likely N-dealkylation sites (N-methyl/N-ethyl adjacent to an activating group) is 1. The van der Waals surface area contributed by atoms with E-state index in [0.29, 0.717) is 67.5 Å². The summed E-state index contributed by atoms with van der Waals surface area (Å²) >= 11 is 6.08. The van der Waals surface area contributed by atoms with Crippen molar-refractivity contribution in [2.45, 2.75) is 26.3 Å². The van der Waals surface area contributed by atoms with Gasteiger partial charge in [0, 0.05) is 55.6 Å². The lowest BCUT2D eigenvalue weighted by Gasteiger charge is -2.38. The molecule has 2 aliphatic rings. The van der Waals surface area contributed by atoms with Gasteiger partial charge in [-0.1, -0.05) is 23.7 Å². The predicted molar refractivity (Wildman–Crippen MR) is 142 cm³/mol. The number of benzene rings is 2. The van der Waals surface area contributed by atoms with Gasteiger partial charge in [-0.15, -0.1) is 0 Å². The summed E-state index contributed by atoms with van der Waals surface area (Å²) in [5.74, 6) is -1.01. The number of nitrogens with zero attached hydrogens (tertiary/aromatic N) is 3. The molecule has 1 saturated heterocycles. The monoisotopic (exact) mass is 542 g/mol. The van der Waals surface area contributed by atoms with Crippen molar-refractivity contribution in [1.82, 2.24) is 20.0 Å². The Labute approximate surface area is 227 Å². The van der Waals surface area contributed by atoms with Crippen LogP contribution in [0.15, 0.2) is 59.8 Å². The van der Waals surface area contributed by atoms with Gasteiger partial charge in [-0.25, -0.2) is 14.0 Å². The third-order valence-corrected chi connectivity index (χ3v) is 7.05. The van der Waals surface area contributed by atoms with Gasteiger partial charge < -0.3 is 15.0 Å². The number of urea groups is 1. The Morgan fingerprint density at radius 1 is 1.03 bits per heavy atom. The summed E-state index contributed by atoms with van der Waals surface area (Å²) in [7, 11) is 0. The van der Waals surface area contributed by atoms with Crippen molar-refractivity contribution < 1.29 is 23.5 Å². The van der Waals surface area contributed by atoms with Crippen molar-refractivity contribution in [3.05, 3.63) is 81.8 Å². The van der Waals surface area contributed by atoms with Crippen molar-refractivity contribution in [3.8, 4) is 0 Å². The first-order chi connectivity index (χ1) is 18.3. The van der Waals surface area contributed by atoms with Crippen LogP contribution in [0.3, 0.4) is 0 Å². The molecule has 2 aliphatic heterocycles. The van der Waals surface area contributed by atoms with Crippen LogP contribution in [0.5, 0.6) is 0 Å². The Kier molecular flexibility index (Phi) is 9.01. The molecule has 0 radical (unpaired) electrons. The first-order valence-corrected chi connectivity index (χ1v) is 13.2. The molecule has 2 aromatic rings. The number of carbonyl (C=O) groups excluding carboxylic acids is 3. The molecule has 2 aromatic carbocycles. The zero-order valence-corrected chi connectivity index (χ0v) is 22.3. The Morgan fingerprint density at radius 3 is 2.39 bits per heavy atom. The number of amides is 3. The van der Waals surface area contributed by atoms with E-state index in [9.17, 15) is 18.8 Å². The normalized spacial score (nSPS) is 18.7. The van der Waals surface area contributed by atoms with Crippen molar-refractivity contribution in [3.63, 3.8) is 0 Å². The predicted octanol–water partition coefficient (Wildman–Crippen LogP) is 4.23. The van der Waals surface area contributed by atoms with E-state index in [1.165, 1.54) is 24.3 Å². The zero-order valence-electron chi connectivity index (χ0n) is 21.6. The summed E-state index contributed by atoms with van der Waals surface area (Å²) in [5.41, 5.74) is 2.15. The fourth-order valence-electron chi connectivity index (χ4n) is 4.88. The largest absolute Gasteiger partial charge is 0.463 e. The van der Waals surface area contributed by atoms with Crippen molar-refractivity contribution in [2.24, 2.45) is 0 Å². The number of esters is 1. The van der Waals surface area contributed by atoms with Gasteiger partial charge in [-0.3, -0.25) is 14.6 Å². The van der Waals surface area contributed by atoms with Crippen LogP contribution in [0.1, 0.15) is 42.2 Å². The molecular formula is C28H32ClFN4O4. The molecule has 3 amide bonds. The lowest BCUT2D eigenvalue weighted by Crippen LogP contribution is -2.51. The number of nitrogens with one attached hydrogen (secondary N) is 1. The van der Waals surface area contributed by atoms with Crippen molar-refractivity contribution in [2.75, 3.05) is 45.9 Å². The SMILES string of the molecule is CCOC(=O)C1=C(CN2CCCN(C(=O)c3ccc(F)cc3)CC2)N(CC)C(=O)NC1c1ccc(Cl)cc1. The maximum atomic E-state index is 13.3. The molecule has 0 saturated carbocycles. The van der Waals surface area contributed by atoms with Gasteiger partial charge in [-0.05, 0) is 62.2 Å². The molecule has 0 aromatic heterocycles. The second kappa shape index (κ2) is 12.4. The average Bonchev–Trinajstić information content (AvgIpc) is 3.15. The summed E-state index contributed by atoms with van der Waals surface area (Å²) in [5, 5.41) is 3.51.